The number of phenolic OH excluding ortho intramolecular Hbond substituents is 1. The summed E-state index contributed by atoms with van der Waals surface area (Å²) in [5.74, 6) is -3.39. The number of nitrogens with zero attached hydrogens (tertiary/aromatic N) is 1. The zero-order chi connectivity index (χ0) is 32.6. The van der Waals surface area contributed by atoms with Crippen molar-refractivity contribution < 1.29 is 29.1 Å². The average Bonchev–Trinajstić information content (AvgIpc) is 2.98. The van der Waals surface area contributed by atoms with E-state index in [2.05, 4.69) is 26.3 Å². The van der Waals surface area contributed by atoms with Crippen molar-refractivity contribution in [2.45, 2.75) is 56.8 Å². The monoisotopic (exact) mass is 611 g/mol. The highest BCUT2D eigenvalue weighted by atomic mass is 16.3. The van der Waals surface area contributed by atoms with Gasteiger partial charge in [-0.3, -0.25) is 29.0 Å². The molecule has 15 nitrogen and oxygen atoms in total. The van der Waals surface area contributed by atoms with Gasteiger partial charge in [-0.1, -0.05) is 42.5 Å². The number of primary amides is 1. The first-order chi connectivity index (χ1) is 20.8. The zero-order valence-corrected chi connectivity index (χ0v) is 24.5. The summed E-state index contributed by atoms with van der Waals surface area (Å²) in [5.41, 5.74) is 23.4. The maximum absolute atomic E-state index is 13.2. The summed E-state index contributed by atoms with van der Waals surface area (Å²) < 4.78 is 0. The van der Waals surface area contributed by atoms with E-state index < -0.39 is 60.2 Å². The van der Waals surface area contributed by atoms with Crippen molar-refractivity contribution in [1.29, 1.82) is 0 Å². The van der Waals surface area contributed by atoms with Gasteiger partial charge in [-0.25, -0.2) is 0 Å². The molecule has 5 amide bonds. The summed E-state index contributed by atoms with van der Waals surface area (Å²) >= 11 is 0. The minimum absolute atomic E-state index is 0.0260. The number of nitrogens with one attached hydrogen (secondary N) is 4. The molecule has 2 rings (SSSR count). The molecule has 0 radical (unpaired) electrons. The molecule has 0 saturated heterocycles. The van der Waals surface area contributed by atoms with E-state index in [4.69, 9.17) is 22.9 Å². The van der Waals surface area contributed by atoms with Crippen molar-refractivity contribution in [3.8, 4) is 5.75 Å². The maximum atomic E-state index is 13.2. The van der Waals surface area contributed by atoms with Gasteiger partial charge in [0, 0.05) is 19.4 Å². The topological polar surface area (TPSA) is 270 Å². The highest BCUT2D eigenvalue weighted by Gasteiger charge is 2.27. The van der Waals surface area contributed by atoms with Crippen LogP contribution in [0.15, 0.2) is 59.6 Å². The number of nitrogens with two attached hydrogens (primary N) is 4. The van der Waals surface area contributed by atoms with Crippen LogP contribution in [0.3, 0.4) is 0 Å². The Kier molecular flexibility index (Phi) is 14.1. The standard InChI is InChI=1S/C29H41N9O6/c1-17(26(42)35-16-24(40)37-22(25(31)41)14-18-6-3-2-4-7-18)36-28(44)23(15-19-9-11-20(39)12-10-19)38-27(43)21(30)8-5-13-34-29(32)33/h2-4,6-7,9-12,17,21-23,39H,5,8,13-16,30H2,1H3,(H2,31,41)(H,35,42)(H,36,44)(H,37,40)(H,38,43)(H4,32,33,34)/t17-,21+,22+,23+/m1/s1. The van der Waals surface area contributed by atoms with Crippen LogP contribution >= 0.6 is 0 Å². The molecule has 0 saturated carbocycles. The van der Waals surface area contributed by atoms with Gasteiger partial charge in [-0.15, -0.1) is 0 Å². The van der Waals surface area contributed by atoms with Gasteiger partial charge in [0.1, 0.15) is 23.9 Å². The second-order valence-electron chi connectivity index (χ2n) is 10.1. The lowest BCUT2D eigenvalue weighted by atomic mass is 10.0. The van der Waals surface area contributed by atoms with Crippen LogP contribution in [0.1, 0.15) is 30.9 Å². The molecule has 0 aliphatic heterocycles. The highest BCUT2D eigenvalue weighted by molar-refractivity contribution is 5.94. The smallest absolute Gasteiger partial charge is 0.243 e. The summed E-state index contributed by atoms with van der Waals surface area (Å²) in [6.07, 6.45) is 0.888. The van der Waals surface area contributed by atoms with Crippen LogP contribution in [-0.2, 0) is 36.8 Å². The number of phenols is 1. The van der Waals surface area contributed by atoms with Gasteiger partial charge >= 0.3 is 0 Å². The van der Waals surface area contributed by atoms with Gasteiger partial charge in [-0.05, 0) is 43.0 Å². The molecule has 238 valence electrons. The number of carbonyl (C=O) groups excluding carboxylic acids is 5. The molecule has 0 aliphatic rings. The molecule has 0 unspecified atom stereocenters. The third-order valence-corrected chi connectivity index (χ3v) is 6.45. The van der Waals surface area contributed by atoms with Gasteiger partial charge in [0.15, 0.2) is 5.96 Å². The van der Waals surface area contributed by atoms with E-state index >= 15 is 0 Å². The number of carbonyl (C=O) groups is 5. The van der Waals surface area contributed by atoms with Crippen LogP contribution in [0.25, 0.3) is 0 Å². The van der Waals surface area contributed by atoms with Crippen molar-refractivity contribution in [3.63, 3.8) is 0 Å². The van der Waals surface area contributed by atoms with Crippen LogP contribution in [0.5, 0.6) is 5.75 Å². The van der Waals surface area contributed by atoms with Gasteiger partial charge in [0.2, 0.25) is 29.5 Å². The fourth-order valence-corrected chi connectivity index (χ4v) is 4.02. The first kappa shape index (κ1) is 35.0. The Bertz CT molecular complexity index is 1300. The predicted octanol–water partition coefficient (Wildman–Crippen LogP) is -2.37. The molecule has 13 N–H and O–H groups in total. The number of rotatable bonds is 17. The minimum Gasteiger partial charge on any atom is -0.508 e. The Labute approximate surface area is 255 Å². The Hall–Kier alpha value is -5.18. The third-order valence-electron chi connectivity index (χ3n) is 6.45. The van der Waals surface area contributed by atoms with Crippen molar-refractivity contribution in [1.82, 2.24) is 21.3 Å². The second kappa shape index (κ2) is 17.7. The summed E-state index contributed by atoms with van der Waals surface area (Å²) in [5, 5.41) is 19.6. The van der Waals surface area contributed by atoms with Crippen LogP contribution in [0.4, 0.5) is 0 Å². The normalized spacial score (nSPS) is 13.3. The molecule has 0 bridgehead atoms. The fourth-order valence-electron chi connectivity index (χ4n) is 4.02. The van der Waals surface area contributed by atoms with Crippen LogP contribution in [0.2, 0.25) is 0 Å². The van der Waals surface area contributed by atoms with Crippen molar-refractivity contribution in [2.75, 3.05) is 13.1 Å². The maximum Gasteiger partial charge on any atom is 0.243 e. The van der Waals surface area contributed by atoms with E-state index in [0.29, 0.717) is 12.0 Å². The van der Waals surface area contributed by atoms with Gasteiger partial charge in [0.25, 0.3) is 0 Å². The Morgan fingerprint density at radius 2 is 1.41 bits per heavy atom. The first-order valence-electron chi connectivity index (χ1n) is 14.0. The minimum atomic E-state index is -1.12. The zero-order valence-electron chi connectivity index (χ0n) is 24.5. The summed E-state index contributed by atoms with van der Waals surface area (Å²) in [6.45, 7) is 1.21. The lowest BCUT2D eigenvalue weighted by Crippen LogP contribution is -2.56. The summed E-state index contributed by atoms with van der Waals surface area (Å²) in [7, 11) is 0. The fraction of sp³-hybridized carbons (Fsp3) is 0.379. The number of guanidine groups is 1. The predicted molar refractivity (Wildman–Crippen MR) is 164 cm³/mol. The largest absolute Gasteiger partial charge is 0.508 e. The molecular weight excluding hydrogens is 570 g/mol. The van der Waals surface area contributed by atoms with Crippen LogP contribution in [-0.4, -0.2) is 77.9 Å². The van der Waals surface area contributed by atoms with E-state index in [1.54, 1.807) is 36.4 Å². The molecular formula is C29H41N9O6. The molecule has 0 aliphatic carbocycles. The van der Waals surface area contributed by atoms with E-state index in [1.807, 2.05) is 6.07 Å². The van der Waals surface area contributed by atoms with E-state index in [-0.39, 0.29) is 37.5 Å². The van der Waals surface area contributed by atoms with Crippen molar-refractivity contribution >= 4 is 35.5 Å². The molecule has 2 aromatic carbocycles. The quantitative estimate of drug-likeness (QED) is 0.0525. The second-order valence-corrected chi connectivity index (χ2v) is 10.1. The van der Waals surface area contributed by atoms with Gasteiger partial charge in [-0.2, -0.15) is 0 Å². The SMILES string of the molecule is C[C@@H](NC(=O)[C@H](Cc1ccc(O)cc1)NC(=O)[C@@H](N)CCCN=C(N)N)C(=O)NCC(=O)N[C@@H](Cc1ccccc1)C(N)=O. The Morgan fingerprint density at radius 3 is 2.02 bits per heavy atom. The molecule has 15 heteroatoms. The molecule has 44 heavy (non-hydrogen) atoms. The summed E-state index contributed by atoms with van der Waals surface area (Å²) in [4.78, 5) is 66.7. The molecule has 0 spiro atoms. The van der Waals surface area contributed by atoms with Gasteiger partial charge < -0.3 is 49.3 Å². The number of amides is 5. The molecule has 0 heterocycles. The van der Waals surface area contributed by atoms with Gasteiger partial charge in [0.05, 0.1) is 12.6 Å². The Morgan fingerprint density at radius 1 is 0.795 bits per heavy atom. The van der Waals surface area contributed by atoms with E-state index in [0.717, 1.165) is 5.56 Å². The van der Waals surface area contributed by atoms with Crippen molar-refractivity contribution in [2.24, 2.45) is 27.9 Å². The van der Waals surface area contributed by atoms with Crippen LogP contribution < -0.4 is 44.2 Å². The Balaban J connectivity index is 1.97. The lowest BCUT2D eigenvalue weighted by molar-refractivity contribution is -0.133. The van der Waals surface area contributed by atoms with Crippen LogP contribution in [0, 0.1) is 0 Å². The number of hydrogen-bond donors (Lipinski definition) is 9. The molecule has 4 atom stereocenters. The number of hydrogen-bond acceptors (Lipinski definition) is 8. The van der Waals surface area contributed by atoms with Crippen molar-refractivity contribution in [3.05, 3.63) is 65.7 Å². The number of aromatic hydroxyl groups is 1. The summed E-state index contributed by atoms with van der Waals surface area (Å²) in [6, 6.07) is 10.8. The van der Waals surface area contributed by atoms with E-state index in [9.17, 15) is 29.1 Å². The third kappa shape index (κ3) is 12.8. The lowest BCUT2D eigenvalue weighted by Gasteiger charge is -2.23. The number of aliphatic imine (C=N–C) groups is 1. The first-order valence-corrected chi connectivity index (χ1v) is 14.0. The molecule has 0 aromatic heterocycles. The van der Waals surface area contributed by atoms with E-state index in [1.165, 1.54) is 19.1 Å². The highest BCUT2D eigenvalue weighted by Crippen LogP contribution is 2.12. The average molecular weight is 612 g/mol. The molecule has 0 fully saturated rings. The molecule has 2 aromatic rings. The number of benzene rings is 2.